The maximum atomic E-state index is 9.94. The normalized spacial score (nSPS) is 8.30. The van der Waals surface area contributed by atoms with Gasteiger partial charge < -0.3 is 15.2 Å². The molecule has 0 aliphatic carbocycles. The van der Waals surface area contributed by atoms with Crippen LogP contribution in [-0.2, 0) is 9.47 Å². The highest BCUT2D eigenvalue weighted by Crippen LogP contribution is 1.76. The molecule has 0 rings (SSSR count). The van der Waals surface area contributed by atoms with Crippen LogP contribution < -0.4 is 5.73 Å². The molecule has 10 heavy (non-hydrogen) atoms. The first kappa shape index (κ1) is 8.79. The summed E-state index contributed by atoms with van der Waals surface area (Å²) < 4.78 is 9.10. The van der Waals surface area contributed by atoms with E-state index in [1.165, 1.54) is 0 Å². The van der Waals surface area contributed by atoms with E-state index in [4.69, 9.17) is 11.2 Å². The highest BCUT2D eigenvalue weighted by Gasteiger charge is 1.90. The van der Waals surface area contributed by atoms with E-state index in [0.29, 0.717) is 0 Å². The number of carbonyl (C=O) groups excluding carboxylic acids is 1. The highest BCUT2D eigenvalue weighted by atomic mass is 16.6. The Labute approximate surface area is 59.3 Å². The van der Waals surface area contributed by atoms with Crippen molar-refractivity contribution >= 4 is 6.09 Å². The van der Waals surface area contributed by atoms with E-state index in [1.54, 1.807) is 0 Å². The summed E-state index contributed by atoms with van der Waals surface area (Å²) in [6.45, 7) is 0.659. The molecule has 0 unspecified atom stereocenters. The lowest BCUT2D eigenvalue weighted by atomic mass is 10.7. The summed E-state index contributed by atoms with van der Waals surface area (Å²) in [5.41, 5.74) is 4.65. The van der Waals surface area contributed by atoms with Crippen LogP contribution in [0.4, 0.5) is 4.79 Å². The fourth-order valence-corrected chi connectivity index (χ4v) is 0.332. The van der Waals surface area contributed by atoms with Gasteiger partial charge in [0.25, 0.3) is 0 Å². The molecule has 0 saturated heterocycles. The number of amides is 1. The van der Waals surface area contributed by atoms with Gasteiger partial charge >= 0.3 is 6.09 Å². The van der Waals surface area contributed by atoms with E-state index >= 15 is 0 Å². The number of ether oxygens (including phenoxy) is 2. The summed E-state index contributed by atoms with van der Waals surface area (Å²) in [6, 6.07) is 0. The van der Waals surface area contributed by atoms with Crippen LogP contribution in [0, 0.1) is 12.3 Å². The SMILES string of the molecule is C#CCOCCOC(N)=O. The number of nitrogens with two attached hydrogens (primary N) is 1. The van der Waals surface area contributed by atoms with Crippen molar-refractivity contribution in [1.29, 1.82) is 0 Å². The molecule has 0 aromatic carbocycles. The van der Waals surface area contributed by atoms with Crippen LogP contribution >= 0.6 is 0 Å². The van der Waals surface area contributed by atoms with Gasteiger partial charge in [-0.2, -0.15) is 0 Å². The number of terminal acetylenes is 1. The van der Waals surface area contributed by atoms with Gasteiger partial charge in [-0.25, -0.2) is 4.79 Å². The van der Waals surface area contributed by atoms with Gasteiger partial charge in [-0.15, -0.1) is 6.42 Å². The van der Waals surface area contributed by atoms with Gasteiger partial charge in [-0.1, -0.05) is 5.92 Å². The molecule has 56 valence electrons. The molecular formula is C6H9NO3. The van der Waals surface area contributed by atoms with Gasteiger partial charge in [0.05, 0.1) is 6.61 Å². The molecule has 0 spiro atoms. The number of carbonyl (C=O) groups is 1. The van der Waals surface area contributed by atoms with Gasteiger partial charge in [0.15, 0.2) is 0 Å². The first-order valence-electron chi connectivity index (χ1n) is 2.71. The molecule has 4 nitrogen and oxygen atoms in total. The van der Waals surface area contributed by atoms with Crippen molar-refractivity contribution in [3.8, 4) is 12.3 Å². The maximum absolute atomic E-state index is 9.94. The van der Waals surface area contributed by atoms with Gasteiger partial charge in [0.1, 0.15) is 13.2 Å². The molecule has 0 fully saturated rings. The highest BCUT2D eigenvalue weighted by molar-refractivity contribution is 5.64. The summed E-state index contributed by atoms with van der Waals surface area (Å²) in [5.74, 6) is 2.26. The Balaban J connectivity index is 2.92. The molecule has 0 aliphatic rings. The molecule has 0 aromatic heterocycles. The zero-order chi connectivity index (χ0) is 7.82. The Morgan fingerprint density at radius 2 is 2.30 bits per heavy atom. The van der Waals surface area contributed by atoms with Crippen LogP contribution in [0.3, 0.4) is 0 Å². The smallest absolute Gasteiger partial charge is 0.404 e. The van der Waals surface area contributed by atoms with E-state index in [-0.39, 0.29) is 19.8 Å². The Morgan fingerprint density at radius 3 is 2.80 bits per heavy atom. The van der Waals surface area contributed by atoms with E-state index in [1.807, 2.05) is 0 Å². The second kappa shape index (κ2) is 5.92. The molecule has 0 aromatic rings. The quantitative estimate of drug-likeness (QED) is 0.435. The summed E-state index contributed by atoms with van der Waals surface area (Å²) in [7, 11) is 0. The number of primary amides is 1. The Bertz CT molecular complexity index is 138. The van der Waals surface area contributed by atoms with E-state index in [2.05, 4.69) is 16.4 Å². The van der Waals surface area contributed by atoms with Crippen molar-refractivity contribution in [2.45, 2.75) is 0 Å². The molecule has 2 N–H and O–H groups in total. The summed E-state index contributed by atoms with van der Waals surface area (Å²) in [6.07, 6.45) is 4.06. The zero-order valence-electron chi connectivity index (χ0n) is 5.50. The molecule has 1 amide bonds. The minimum atomic E-state index is -0.802. The van der Waals surface area contributed by atoms with Crippen molar-refractivity contribution in [2.24, 2.45) is 5.73 Å². The van der Waals surface area contributed by atoms with Crippen LogP contribution in [0.15, 0.2) is 0 Å². The first-order valence-corrected chi connectivity index (χ1v) is 2.71. The average molecular weight is 143 g/mol. The molecule has 0 aliphatic heterocycles. The summed E-state index contributed by atoms with van der Waals surface area (Å²) >= 11 is 0. The van der Waals surface area contributed by atoms with E-state index in [0.717, 1.165) is 0 Å². The fraction of sp³-hybridized carbons (Fsp3) is 0.500. The summed E-state index contributed by atoms with van der Waals surface area (Å²) in [5, 5.41) is 0. The standard InChI is InChI=1S/C6H9NO3/c1-2-3-9-4-5-10-6(7)8/h1H,3-5H2,(H2,7,8). The van der Waals surface area contributed by atoms with Gasteiger partial charge in [-0.3, -0.25) is 0 Å². The Morgan fingerprint density at radius 1 is 1.60 bits per heavy atom. The van der Waals surface area contributed by atoms with E-state index in [9.17, 15) is 4.79 Å². The molecule has 0 atom stereocenters. The monoisotopic (exact) mass is 143 g/mol. The Kier molecular flexibility index (Phi) is 5.20. The van der Waals surface area contributed by atoms with Crippen molar-refractivity contribution < 1.29 is 14.3 Å². The minimum Gasteiger partial charge on any atom is -0.447 e. The third kappa shape index (κ3) is 6.79. The lowest BCUT2D eigenvalue weighted by Gasteiger charge is -1.99. The van der Waals surface area contributed by atoms with Crippen molar-refractivity contribution in [3.63, 3.8) is 0 Å². The molecule has 0 heterocycles. The van der Waals surface area contributed by atoms with E-state index < -0.39 is 6.09 Å². The molecule has 0 saturated carbocycles. The largest absolute Gasteiger partial charge is 0.447 e. The fourth-order valence-electron chi connectivity index (χ4n) is 0.332. The first-order chi connectivity index (χ1) is 4.77. The topological polar surface area (TPSA) is 61.6 Å². The minimum absolute atomic E-state index is 0.150. The molecule has 4 heteroatoms. The van der Waals surface area contributed by atoms with Gasteiger partial charge in [0.2, 0.25) is 0 Å². The molecule has 0 radical (unpaired) electrons. The summed E-state index contributed by atoms with van der Waals surface area (Å²) in [4.78, 5) is 9.94. The maximum Gasteiger partial charge on any atom is 0.404 e. The molecule has 0 bridgehead atoms. The third-order valence-electron chi connectivity index (χ3n) is 0.657. The van der Waals surface area contributed by atoms with Crippen LogP contribution in [0.5, 0.6) is 0 Å². The lowest BCUT2D eigenvalue weighted by Crippen LogP contribution is -2.16. The average Bonchev–Trinajstić information content (AvgIpc) is 1.87. The second-order valence-corrected chi connectivity index (χ2v) is 1.42. The van der Waals surface area contributed by atoms with Crippen LogP contribution in [0.2, 0.25) is 0 Å². The predicted molar refractivity (Wildman–Crippen MR) is 35.2 cm³/mol. The van der Waals surface area contributed by atoms with Crippen LogP contribution in [0.25, 0.3) is 0 Å². The van der Waals surface area contributed by atoms with Gasteiger partial charge in [0, 0.05) is 0 Å². The predicted octanol–water partition coefficient (Wildman–Crippen LogP) is -0.268. The number of rotatable bonds is 4. The molecular weight excluding hydrogens is 134 g/mol. The lowest BCUT2D eigenvalue weighted by molar-refractivity contribution is 0.0921. The van der Waals surface area contributed by atoms with Crippen molar-refractivity contribution in [2.75, 3.05) is 19.8 Å². The van der Waals surface area contributed by atoms with Crippen molar-refractivity contribution in [3.05, 3.63) is 0 Å². The number of hydrogen-bond donors (Lipinski definition) is 1. The third-order valence-corrected chi connectivity index (χ3v) is 0.657. The zero-order valence-corrected chi connectivity index (χ0v) is 5.50. The van der Waals surface area contributed by atoms with Crippen LogP contribution in [-0.4, -0.2) is 25.9 Å². The van der Waals surface area contributed by atoms with Gasteiger partial charge in [-0.05, 0) is 0 Å². The number of hydrogen-bond acceptors (Lipinski definition) is 3. The Hall–Kier alpha value is -1.21. The van der Waals surface area contributed by atoms with Crippen molar-refractivity contribution in [1.82, 2.24) is 0 Å². The van der Waals surface area contributed by atoms with Crippen LogP contribution in [0.1, 0.15) is 0 Å². The second-order valence-electron chi connectivity index (χ2n) is 1.42.